The Morgan fingerprint density at radius 1 is 1.33 bits per heavy atom. The molecule has 0 saturated heterocycles. The van der Waals surface area contributed by atoms with Crippen molar-refractivity contribution in [3.63, 3.8) is 0 Å². The van der Waals surface area contributed by atoms with E-state index in [1.807, 2.05) is 45.0 Å². The fraction of sp³-hybridized carbons (Fsp3) is 0.533. The highest BCUT2D eigenvalue weighted by Gasteiger charge is 2.16. The summed E-state index contributed by atoms with van der Waals surface area (Å²) in [5.74, 6) is 3.98. The number of hydrogen-bond acceptors (Lipinski definition) is 5. The van der Waals surface area contributed by atoms with Gasteiger partial charge < -0.3 is 14.8 Å². The van der Waals surface area contributed by atoms with E-state index in [0.29, 0.717) is 6.54 Å². The zero-order valence-electron chi connectivity index (χ0n) is 13.7. The summed E-state index contributed by atoms with van der Waals surface area (Å²) >= 11 is 0. The summed E-state index contributed by atoms with van der Waals surface area (Å²) < 4.78 is 2.02. The Morgan fingerprint density at radius 2 is 2.05 bits per heavy atom. The molecule has 0 aliphatic carbocycles. The monoisotopic (exact) mass is 288 g/mol. The second kappa shape index (κ2) is 6.11. The van der Waals surface area contributed by atoms with Crippen LogP contribution in [0.2, 0.25) is 0 Å². The number of imidazole rings is 1. The molecule has 0 radical (unpaired) electrons. The lowest BCUT2D eigenvalue weighted by molar-refractivity contribution is 0.732. The second-order valence-corrected chi connectivity index (χ2v) is 5.59. The molecule has 0 saturated carbocycles. The zero-order valence-corrected chi connectivity index (χ0v) is 13.7. The number of rotatable bonds is 5. The number of nitrogens with one attached hydrogen (secondary N) is 1. The van der Waals surface area contributed by atoms with Crippen molar-refractivity contribution in [2.45, 2.75) is 33.2 Å². The van der Waals surface area contributed by atoms with E-state index in [9.17, 15) is 0 Å². The number of aryl methyl sites for hydroxylation is 1. The van der Waals surface area contributed by atoms with Crippen molar-refractivity contribution in [3.8, 4) is 0 Å². The molecule has 2 rings (SSSR count). The third kappa shape index (κ3) is 3.15. The maximum Gasteiger partial charge on any atom is 0.137 e. The summed E-state index contributed by atoms with van der Waals surface area (Å²) in [5, 5.41) is 3.16. The quantitative estimate of drug-likeness (QED) is 0.915. The Balaban J connectivity index is 2.37. The highest BCUT2D eigenvalue weighted by Crippen LogP contribution is 2.25. The molecule has 0 aliphatic heterocycles. The molecule has 0 spiro atoms. The van der Waals surface area contributed by atoms with Gasteiger partial charge in [-0.05, 0) is 6.92 Å². The molecule has 0 bridgehead atoms. The first-order chi connectivity index (χ1) is 9.93. The van der Waals surface area contributed by atoms with E-state index >= 15 is 0 Å². The molecule has 6 heteroatoms. The molecule has 0 aromatic carbocycles. The summed E-state index contributed by atoms with van der Waals surface area (Å²) in [6.07, 6.45) is 3.77. The van der Waals surface area contributed by atoms with Gasteiger partial charge in [-0.1, -0.05) is 13.8 Å². The average Bonchev–Trinajstić information content (AvgIpc) is 2.84. The Hall–Kier alpha value is -2.11. The van der Waals surface area contributed by atoms with Crippen LogP contribution in [0.4, 0.5) is 11.6 Å². The Bertz CT molecular complexity index is 617. The molecule has 2 aromatic heterocycles. The molecule has 6 nitrogen and oxygen atoms in total. The van der Waals surface area contributed by atoms with E-state index in [1.165, 1.54) is 0 Å². The van der Waals surface area contributed by atoms with Gasteiger partial charge >= 0.3 is 0 Å². The van der Waals surface area contributed by atoms with Crippen LogP contribution in [-0.2, 0) is 13.6 Å². The fourth-order valence-corrected chi connectivity index (χ4v) is 2.23. The molecule has 2 aromatic rings. The van der Waals surface area contributed by atoms with Crippen molar-refractivity contribution in [3.05, 3.63) is 29.6 Å². The summed E-state index contributed by atoms with van der Waals surface area (Å²) in [6, 6.07) is 0. The highest BCUT2D eigenvalue weighted by atomic mass is 15.2. The molecule has 0 atom stereocenters. The van der Waals surface area contributed by atoms with Gasteiger partial charge in [0.15, 0.2) is 0 Å². The molecule has 114 valence electrons. The lowest BCUT2D eigenvalue weighted by Crippen LogP contribution is -2.22. The maximum absolute atomic E-state index is 4.73. The fourth-order valence-electron chi connectivity index (χ4n) is 2.23. The number of anilines is 2. The lowest BCUT2D eigenvalue weighted by atomic mass is 10.2. The van der Waals surface area contributed by atoms with Crippen molar-refractivity contribution in [1.29, 1.82) is 0 Å². The topological polar surface area (TPSA) is 58.9 Å². The minimum Gasteiger partial charge on any atom is -0.373 e. The molecular weight excluding hydrogens is 264 g/mol. The van der Waals surface area contributed by atoms with Gasteiger partial charge in [0.1, 0.15) is 23.3 Å². The largest absolute Gasteiger partial charge is 0.373 e. The first-order valence-electron chi connectivity index (χ1n) is 7.17. The van der Waals surface area contributed by atoms with Gasteiger partial charge in [-0.2, -0.15) is 0 Å². The summed E-state index contributed by atoms with van der Waals surface area (Å²) in [6.45, 7) is 6.96. The van der Waals surface area contributed by atoms with Crippen LogP contribution in [0.3, 0.4) is 0 Å². The minimum absolute atomic E-state index is 0.290. The van der Waals surface area contributed by atoms with Crippen LogP contribution in [-0.4, -0.2) is 33.6 Å². The van der Waals surface area contributed by atoms with E-state index in [0.717, 1.165) is 28.8 Å². The lowest BCUT2D eigenvalue weighted by Gasteiger charge is -2.22. The van der Waals surface area contributed by atoms with Gasteiger partial charge in [0.25, 0.3) is 0 Å². The molecule has 0 aliphatic rings. The molecule has 21 heavy (non-hydrogen) atoms. The summed E-state index contributed by atoms with van der Waals surface area (Å²) in [7, 11) is 5.93. The number of nitrogens with zero attached hydrogens (tertiary/aromatic N) is 5. The van der Waals surface area contributed by atoms with Crippen LogP contribution in [0.5, 0.6) is 0 Å². The molecule has 1 N–H and O–H groups in total. The molecule has 0 unspecified atom stereocenters. The van der Waals surface area contributed by atoms with E-state index in [2.05, 4.69) is 34.0 Å². The predicted molar refractivity (Wildman–Crippen MR) is 85.7 cm³/mol. The van der Waals surface area contributed by atoms with E-state index in [1.54, 1.807) is 0 Å². The highest BCUT2D eigenvalue weighted by molar-refractivity contribution is 5.58. The van der Waals surface area contributed by atoms with Crippen molar-refractivity contribution in [2.24, 2.45) is 7.05 Å². The first-order valence-corrected chi connectivity index (χ1v) is 7.17. The molecule has 0 amide bonds. The molecule has 2 heterocycles. The third-order valence-electron chi connectivity index (χ3n) is 3.55. The molecular formula is C15H24N6. The van der Waals surface area contributed by atoms with Crippen molar-refractivity contribution >= 4 is 11.6 Å². The van der Waals surface area contributed by atoms with Crippen molar-refractivity contribution in [2.75, 3.05) is 24.3 Å². The van der Waals surface area contributed by atoms with Crippen LogP contribution in [0.1, 0.15) is 37.0 Å². The normalized spacial score (nSPS) is 11.0. The van der Waals surface area contributed by atoms with Gasteiger partial charge in [-0.15, -0.1) is 0 Å². The SMILES string of the molecule is CNc1nc(C(C)C)nc(N(C)Cc2nccn2C)c1C. The Labute approximate surface area is 126 Å². The van der Waals surface area contributed by atoms with E-state index in [-0.39, 0.29) is 5.92 Å². The van der Waals surface area contributed by atoms with Gasteiger partial charge in [0.05, 0.1) is 6.54 Å². The third-order valence-corrected chi connectivity index (χ3v) is 3.55. The van der Waals surface area contributed by atoms with Crippen LogP contribution in [0.15, 0.2) is 12.4 Å². The summed E-state index contributed by atoms with van der Waals surface area (Å²) in [4.78, 5) is 15.8. The second-order valence-electron chi connectivity index (χ2n) is 5.59. The predicted octanol–water partition coefficient (Wildman–Crippen LogP) is 2.32. The van der Waals surface area contributed by atoms with Crippen LogP contribution < -0.4 is 10.2 Å². The van der Waals surface area contributed by atoms with Gasteiger partial charge in [0, 0.05) is 45.0 Å². The van der Waals surface area contributed by atoms with Crippen molar-refractivity contribution < 1.29 is 0 Å². The van der Waals surface area contributed by atoms with Crippen molar-refractivity contribution in [1.82, 2.24) is 19.5 Å². The zero-order chi connectivity index (χ0) is 15.6. The first kappa shape index (κ1) is 15.3. The van der Waals surface area contributed by atoms with Crippen LogP contribution in [0.25, 0.3) is 0 Å². The Morgan fingerprint density at radius 3 is 2.57 bits per heavy atom. The molecule has 0 fully saturated rings. The number of hydrogen-bond donors (Lipinski definition) is 1. The van der Waals surface area contributed by atoms with E-state index < -0.39 is 0 Å². The summed E-state index contributed by atoms with van der Waals surface area (Å²) in [5.41, 5.74) is 1.05. The number of aromatic nitrogens is 4. The van der Waals surface area contributed by atoms with Crippen LogP contribution in [0, 0.1) is 6.92 Å². The smallest absolute Gasteiger partial charge is 0.137 e. The average molecular weight is 288 g/mol. The van der Waals surface area contributed by atoms with Gasteiger partial charge in [0.2, 0.25) is 0 Å². The maximum atomic E-state index is 4.73. The van der Waals surface area contributed by atoms with Crippen LogP contribution >= 0.6 is 0 Å². The van der Waals surface area contributed by atoms with E-state index in [4.69, 9.17) is 4.98 Å². The standard InChI is InChI=1S/C15H24N6/c1-10(2)13-18-14(16-4)11(3)15(19-13)21(6)9-12-17-7-8-20(12)5/h7-8,10H,9H2,1-6H3,(H,16,18,19). The minimum atomic E-state index is 0.290. The van der Waals surface area contributed by atoms with Gasteiger partial charge in [-0.25, -0.2) is 15.0 Å². The van der Waals surface area contributed by atoms with Gasteiger partial charge in [-0.3, -0.25) is 0 Å². The Kier molecular flexibility index (Phi) is 4.45.